The summed E-state index contributed by atoms with van der Waals surface area (Å²) in [6.45, 7) is 4.88. The van der Waals surface area contributed by atoms with Gasteiger partial charge in [-0.3, -0.25) is 9.69 Å². The molecule has 2 aliphatic heterocycles. The Bertz CT molecular complexity index is 740. The molecule has 0 bridgehead atoms. The van der Waals surface area contributed by atoms with Crippen molar-refractivity contribution in [1.29, 1.82) is 0 Å². The molecule has 1 atom stereocenters. The van der Waals surface area contributed by atoms with Gasteiger partial charge in [-0.1, -0.05) is 29.4 Å². The van der Waals surface area contributed by atoms with Gasteiger partial charge in [0.15, 0.2) is 0 Å². The normalized spacial score (nSPS) is 21.0. The lowest BCUT2D eigenvalue weighted by Crippen LogP contribution is -2.42. The van der Waals surface area contributed by atoms with Crippen molar-refractivity contribution in [2.75, 3.05) is 19.6 Å². The maximum absolute atomic E-state index is 12.8. The van der Waals surface area contributed by atoms with Gasteiger partial charge in [-0.2, -0.15) is 0 Å². The average Bonchev–Trinajstić information content (AvgIpc) is 3.23. The molecule has 0 saturated carbocycles. The van der Waals surface area contributed by atoms with E-state index in [9.17, 15) is 4.79 Å². The van der Waals surface area contributed by atoms with Crippen LogP contribution in [0.25, 0.3) is 0 Å². The summed E-state index contributed by atoms with van der Waals surface area (Å²) in [6.07, 6.45) is 3.10. The van der Waals surface area contributed by atoms with Crippen LogP contribution in [-0.2, 0) is 17.8 Å². The third-order valence-electron chi connectivity index (χ3n) is 5.17. The molecule has 0 radical (unpaired) electrons. The number of carbonyl (C=O) groups excluding carboxylic acids is 1. The molecular weight excluding hydrogens is 302 g/mol. The Morgan fingerprint density at radius 3 is 2.92 bits per heavy atom. The van der Waals surface area contributed by atoms with E-state index in [1.807, 2.05) is 17.9 Å². The summed E-state index contributed by atoms with van der Waals surface area (Å²) in [5.41, 5.74) is 3.61. The third kappa shape index (κ3) is 2.96. The second-order valence-corrected chi connectivity index (χ2v) is 6.82. The largest absolute Gasteiger partial charge is 0.361 e. The van der Waals surface area contributed by atoms with Crippen LogP contribution in [0.15, 0.2) is 34.9 Å². The fraction of sp³-hybridized carbons (Fsp3) is 0.474. The number of nitrogens with zero attached hydrogens (tertiary/aromatic N) is 3. The highest BCUT2D eigenvalue weighted by molar-refractivity contribution is 5.78. The number of amides is 1. The monoisotopic (exact) mass is 325 g/mol. The summed E-state index contributed by atoms with van der Waals surface area (Å²) in [5, 5.41) is 4.16. The number of aryl methyl sites for hydroxylation is 1. The Labute approximate surface area is 142 Å². The van der Waals surface area contributed by atoms with E-state index in [-0.39, 0.29) is 11.9 Å². The molecule has 1 unspecified atom stereocenters. The van der Waals surface area contributed by atoms with E-state index in [2.05, 4.69) is 34.3 Å². The fourth-order valence-electron chi connectivity index (χ4n) is 3.88. The van der Waals surface area contributed by atoms with E-state index in [0.29, 0.717) is 6.54 Å². The number of hydrogen-bond acceptors (Lipinski definition) is 4. The number of benzene rings is 1. The van der Waals surface area contributed by atoms with E-state index in [0.717, 1.165) is 50.4 Å². The summed E-state index contributed by atoms with van der Waals surface area (Å²) < 4.78 is 5.21. The Kier molecular flexibility index (Phi) is 4.10. The Hall–Kier alpha value is -2.14. The molecule has 0 spiro atoms. The fourth-order valence-corrected chi connectivity index (χ4v) is 3.88. The van der Waals surface area contributed by atoms with Crippen LogP contribution in [0.2, 0.25) is 0 Å². The third-order valence-corrected chi connectivity index (χ3v) is 5.17. The number of rotatable bonds is 3. The highest BCUT2D eigenvalue weighted by atomic mass is 16.5. The highest BCUT2D eigenvalue weighted by Gasteiger charge is 2.31. The van der Waals surface area contributed by atoms with Crippen LogP contribution >= 0.6 is 0 Å². The molecule has 3 heterocycles. The lowest BCUT2D eigenvalue weighted by Gasteiger charge is -2.31. The summed E-state index contributed by atoms with van der Waals surface area (Å²) >= 11 is 0. The zero-order valence-electron chi connectivity index (χ0n) is 14.1. The summed E-state index contributed by atoms with van der Waals surface area (Å²) in [7, 11) is 0. The molecule has 5 heteroatoms. The lowest BCUT2D eigenvalue weighted by molar-refractivity contribution is -0.133. The van der Waals surface area contributed by atoms with Crippen LogP contribution in [0.4, 0.5) is 0 Å². The van der Waals surface area contributed by atoms with E-state index in [4.69, 9.17) is 4.52 Å². The first-order valence-electron chi connectivity index (χ1n) is 8.72. The van der Waals surface area contributed by atoms with Crippen LogP contribution < -0.4 is 0 Å². The zero-order chi connectivity index (χ0) is 16.5. The predicted octanol–water partition coefficient (Wildman–Crippen LogP) is 2.70. The number of fused-ring (bicyclic) bond motifs is 1. The molecule has 1 amide bonds. The Balaban J connectivity index is 1.42. The first-order chi connectivity index (χ1) is 11.7. The van der Waals surface area contributed by atoms with Gasteiger partial charge < -0.3 is 9.42 Å². The van der Waals surface area contributed by atoms with Crippen molar-refractivity contribution in [3.63, 3.8) is 0 Å². The van der Waals surface area contributed by atoms with Gasteiger partial charge in [-0.05, 0) is 43.9 Å². The number of aromatic nitrogens is 1. The number of carbonyl (C=O) groups is 1. The Morgan fingerprint density at radius 1 is 1.29 bits per heavy atom. The smallest absolute Gasteiger partial charge is 0.237 e. The zero-order valence-corrected chi connectivity index (χ0v) is 14.1. The van der Waals surface area contributed by atoms with E-state index >= 15 is 0 Å². The molecule has 0 aliphatic carbocycles. The molecule has 1 saturated heterocycles. The number of likely N-dealkylation sites (tertiary alicyclic amines) is 1. The van der Waals surface area contributed by atoms with Crippen molar-refractivity contribution in [3.8, 4) is 0 Å². The van der Waals surface area contributed by atoms with Crippen LogP contribution in [0.3, 0.4) is 0 Å². The minimum atomic E-state index is 0.212. The Morgan fingerprint density at radius 2 is 2.12 bits per heavy atom. The molecule has 126 valence electrons. The van der Waals surface area contributed by atoms with Gasteiger partial charge in [0.25, 0.3) is 0 Å². The van der Waals surface area contributed by atoms with Gasteiger partial charge in [0.2, 0.25) is 5.91 Å². The van der Waals surface area contributed by atoms with Crippen molar-refractivity contribution in [2.45, 2.75) is 38.8 Å². The molecule has 1 aromatic carbocycles. The molecule has 24 heavy (non-hydrogen) atoms. The van der Waals surface area contributed by atoms with E-state index in [1.165, 1.54) is 11.1 Å². The molecule has 4 rings (SSSR count). The molecule has 5 nitrogen and oxygen atoms in total. The van der Waals surface area contributed by atoms with E-state index in [1.54, 1.807) is 0 Å². The van der Waals surface area contributed by atoms with Gasteiger partial charge in [0, 0.05) is 19.2 Å². The molecule has 0 N–H and O–H groups in total. The van der Waals surface area contributed by atoms with Gasteiger partial charge in [-0.25, -0.2) is 0 Å². The molecule has 2 aliphatic rings. The molecular formula is C19H23N3O2. The van der Waals surface area contributed by atoms with Crippen molar-refractivity contribution in [1.82, 2.24) is 15.0 Å². The second kappa shape index (κ2) is 6.40. The van der Waals surface area contributed by atoms with Gasteiger partial charge >= 0.3 is 0 Å². The SMILES string of the molecule is Cc1cc(C2CCCN2CC(=O)N2CCc3ccccc3C2)no1. The summed E-state index contributed by atoms with van der Waals surface area (Å²) in [5.74, 6) is 1.05. The predicted molar refractivity (Wildman–Crippen MR) is 90.4 cm³/mol. The quantitative estimate of drug-likeness (QED) is 0.870. The van der Waals surface area contributed by atoms with Crippen LogP contribution in [-0.4, -0.2) is 40.5 Å². The lowest BCUT2D eigenvalue weighted by atomic mass is 10.00. The van der Waals surface area contributed by atoms with Gasteiger partial charge in [0.1, 0.15) is 11.5 Å². The minimum absolute atomic E-state index is 0.212. The van der Waals surface area contributed by atoms with Gasteiger partial charge in [0.05, 0.1) is 12.6 Å². The molecule has 2 aromatic rings. The summed E-state index contributed by atoms with van der Waals surface area (Å²) in [6, 6.07) is 10.6. The summed E-state index contributed by atoms with van der Waals surface area (Å²) in [4.78, 5) is 17.0. The first-order valence-corrected chi connectivity index (χ1v) is 8.72. The number of hydrogen-bond donors (Lipinski definition) is 0. The van der Waals surface area contributed by atoms with Gasteiger partial charge in [-0.15, -0.1) is 0 Å². The van der Waals surface area contributed by atoms with Crippen molar-refractivity contribution in [3.05, 3.63) is 52.9 Å². The van der Waals surface area contributed by atoms with E-state index < -0.39 is 0 Å². The maximum atomic E-state index is 12.8. The maximum Gasteiger partial charge on any atom is 0.237 e. The molecule has 1 fully saturated rings. The van der Waals surface area contributed by atoms with Crippen molar-refractivity contribution in [2.24, 2.45) is 0 Å². The topological polar surface area (TPSA) is 49.6 Å². The standard InChI is InChI=1S/C19H23N3O2/c1-14-11-17(20-24-14)18-7-4-9-21(18)13-19(23)22-10-8-15-5-2-3-6-16(15)12-22/h2-3,5-6,11,18H,4,7-10,12-13H2,1H3. The van der Waals surface area contributed by atoms with Crippen LogP contribution in [0.5, 0.6) is 0 Å². The highest BCUT2D eigenvalue weighted by Crippen LogP contribution is 2.31. The minimum Gasteiger partial charge on any atom is -0.361 e. The van der Waals surface area contributed by atoms with Crippen molar-refractivity contribution < 1.29 is 9.32 Å². The first kappa shape index (κ1) is 15.4. The second-order valence-electron chi connectivity index (χ2n) is 6.82. The van der Waals surface area contributed by atoms with Crippen molar-refractivity contribution >= 4 is 5.91 Å². The van der Waals surface area contributed by atoms with Crippen LogP contribution in [0.1, 0.15) is 41.5 Å². The van der Waals surface area contributed by atoms with Crippen LogP contribution in [0, 0.1) is 6.92 Å². The average molecular weight is 325 g/mol. The molecule has 1 aromatic heterocycles.